The molecule has 1 saturated carbocycles. The Labute approximate surface area is 108 Å². The van der Waals surface area contributed by atoms with Gasteiger partial charge >= 0.3 is 5.97 Å². The molecule has 0 radical (unpaired) electrons. The summed E-state index contributed by atoms with van der Waals surface area (Å²) < 4.78 is 5.45. The fourth-order valence-electron chi connectivity index (χ4n) is 3.98. The average molecular weight is 248 g/mol. The molecule has 2 fully saturated rings. The monoisotopic (exact) mass is 248 g/mol. The SMILES string of the molecule is C=C1C(=O)O[C@H]2[C@@H]1CC1=C(C)CC[C@@H](O)C1[C@H]2C. The summed E-state index contributed by atoms with van der Waals surface area (Å²) in [5.74, 6) is 0.230. The van der Waals surface area contributed by atoms with Gasteiger partial charge in [0.2, 0.25) is 0 Å². The number of fused-ring (bicyclic) bond motifs is 2. The molecule has 18 heavy (non-hydrogen) atoms. The van der Waals surface area contributed by atoms with E-state index in [1.54, 1.807) is 0 Å². The van der Waals surface area contributed by atoms with Crippen LogP contribution in [0.2, 0.25) is 0 Å². The molecule has 1 aliphatic heterocycles. The lowest BCUT2D eigenvalue weighted by atomic mass is 9.63. The number of hydrogen-bond acceptors (Lipinski definition) is 3. The second-order valence-corrected chi connectivity index (χ2v) is 6.00. The highest BCUT2D eigenvalue weighted by Crippen LogP contribution is 2.50. The maximum atomic E-state index is 11.7. The van der Waals surface area contributed by atoms with Crippen molar-refractivity contribution in [3.63, 3.8) is 0 Å². The Hall–Kier alpha value is -1.09. The van der Waals surface area contributed by atoms with Crippen molar-refractivity contribution in [3.8, 4) is 0 Å². The molecule has 3 nitrogen and oxygen atoms in total. The average Bonchev–Trinajstić information content (AvgIpc) is 2.62. The van der Waals surface area contributed by atoms with E-state index in [0.29, 0.717) is 5.57 Å². The molecule has 1 saturated heterocycles. The van der Waals surface area contributed by atoms with Crippen molar-refractivity contribution in [2.24, 2.45) is 17.8 Å². The van der Waals surface area contributed by atoms with E-state index in [9.17, 15) is 9.90 Å². The molecule has 0 aromatic heterocycles. The number of allylic oxidation sites excluding steroid dienone is 1. The standard InChI is InChI=1S/C15H20O3/c1-7-4-5-12(16)13-9(3)14-11(6-10(7)13)8(2)15(17)18-14/h9,11-14,16H,2,4-6H2,1,3H3/t9-,11-,12-,13?,14-/m1/s1. The van der Waals surface area contributed by atoms with Crippen LogP contribution in [-0.2, 0) is 9.53 Å². The summed E-state index contributed by atoms with van der Waals surface area (Å²) in [6, 6.07) is 0. The summed E-state index contributed by atoms with van der Waals surface area (Å²) in [4.78, 5) is 11.7. The Balaban J connectivity index is 2.01. The molecule has 0 aromatic carbocycles. The first-order valence-corrected chi connectivity index (χ1v) is 6.77. The van der Waals surface area contributed by atoms with Crippen LogP contribution in [0.5, 0.6) is 0 Å². The Morgan fingerprint density at radius 1 is 1.44 bits per heavy atom. The molecule has 5 atom stereocenters. The zero-order valence-corrected chi connectivity index (χ0v) is 11.0. The van der Waals surface area contributed by atoms with Gasteiger partial charge in [-0.25, -0.2) is 4.79 Å². The van der Waals surface area contributed by atoms with Gasteiger partial charge in [-0.1, -0.05) is 24.6 Å². The van der Waals surface area contributed by atoms with Crippen molar-refractivity contribution in [2.45, 2.75) is 45.3 Å². The van der Waals surface area contributed by atoms with Gasteiger partial charge in [-0.3, -0.25) is 0 Å². The van der Waals surface area contributed by atoms with Crippen molar-refractivity contribution in [3.05, 3.63) is 23.3 Å². The number of carbonyl (C=O) groups is 1. The Bertz CT molecular complexity index is 449. The van der Waals surface area contributed by atoms with Crippen LogP contribution in [0, 0.1) is 17.8 Å². The van der Waals surface area contributed by atoms with Gasteiger partial charge in [0.15, 0.2) is 0 Å². The van der Waals surface area contributed by atoms with Gasteiger partial charge < -0.3 is 9.84 Å². The topological polar surface area (TPSA) is 46.5 Å². The second-order valence-electron chi connectivity index (χ2n) is 6.00. The smallest absolute Gasteiger partial charge is 0.334 e. The predicted molar refractivity (Wildman–Crippen MR) is 67.7 cm³/mol. The van der Waals surface area contributed by atoms with Crippen LogP contribution in [-0.4, -0.2) is 23.3 Å². The van der Waals surface area contributed by atoms with Crippen molar-refractivity contribution in [1.29, 1.82) is 0 Å². The van der Waals surface area contributed by atoms with Crippen LogP contribution in [0.4, 0.5) is 0 Å². The van der Waals surface area contributed by atoms with Crippen molar-refractivity contribution in [2.75, 3.05) is 0 Å². The van der Waals surface area contributed by atoms with E-state index in [0.717, 1.165) is 19.3 Å². The Morgan fingerprint density at radius 3 is 2.89 bits per heavy atom. The van der Waals surface area contributed by atoms with Gasteiger partial charge in [0.1, 0.15) is 6.10 Å². The lowest BCUT2D eigenvalue weighted by molar-refractivity contribution is -0.143. The van der Waals surface area contributed by atoms with E-state index < -0.39 is 0 Å². The number of rotatable bonds is 0. The lowest BCUT2D eigenvalue weighted by Gasteiger charge is -2.44. The Morgan fingerprint density at radius 2 is 2.17 bits per heavy atom. The molecule has 0 aromatic rings. The van der Waals surface area contributed by atoms with Gasteiger partial charge in [0.05, 0.1) is 6.10 Å². The van der Waals surface area contributed by atoms with Crippen LogP contribution in [0.15, 0.2) is 23.3 Å². The highest BCUT2D eigenvalue weighted by atomic mass is 16.6. The summed E-state index contributed by atoms with van der Waals surface area (Å²) in [7, 11) is 0. The molecule has 0 spiro atoms. The Kier molecular flexibility index (Phi) is 2.63. The molecule has 1 N–H and O–H groups in total. The van der Waals surface area contributed by atoms with E-state index in [-0.39, 0.29) is 35.9 Å². The van der Waals surface area contributed by atoms with Gasteiger partial charge in [0, 0.05) is 23.3 Å². The second kappa shape index (κ2) is 3.95. The highest BCUT2D eigenvalue weighted by Gasteiger charge is 2.51. The molecular weight excluding hydrogens is 228 g/mol. The van der Waals surface area contributed by atoms with Crippen molar-refractivity contribution >= 4 is 5.97 Å². The van der Waals surface area contributed by atoms with Crippen LogP contribution in [0.1, 0.15) is 33.1 Å². The van der Waals surface area contributed by atoms with Gasteiger partial charge in [-0.05, 0) is 26.2 Å². The number of esters is 1. The number of hydrogen-bond donors (Lipinski definition) is 1. The third-order valence-electron chi connectivity index (χ3n) is 5.05. The zero-order chi connectivity index (χ0) is 13.0. The summed E-state index contributed by atoms with van der Waals surface area (Å²) in [5.41, 5.74) is 3.36. The van der Waals surface area contributed by atoms with E-state index in [4.69, 9.17) is 4.74 Å². The molecule has 3 rings (SSSR count). The summed E-state index contributed by atoms with van der Waals surface area (Å²) in [5, 5.41) is 10.2. The molecule has 1 unspecified atom stereocenters. The maximum absolute atomic E-state index is 11.7. The van der Waals surface area contributed by atoms with E-state index in [2.05, 4.69) is 20.4 Å². The highest BCUT2D eigenvalue weighted by molar-refractivity contribution is 5.91. The van der Waals surface area contributed by atoms with Crippen LogP contribution in [0.3, 0.4) is 0 Å². The predicted octanol–water partition coefficient (Wildman–Crippen LogP) is 2.21. The molecule has 0 bridgehead atoms. The number of carbonyl (C=O) groups excluding carboxylic acids is 1. The fourth-order valence-corrected chi connectivity index (χ4v) is 3.98. The molecule has 2 aliphatic carbocycles. The largest absolute Gasteiger partial charge is 0.458 e. The zero-order valence-electron chi connectivity index (χ0n) is 11.0. The first kappa shape index (κ1) is 12.0. The van der Waals surface area contributed by atoms with Crippen LogP contribution < -0.4 is 0 Å². The van der Waals surface area contributed by atoms with Crippen LogP contribution in [0.25, 0.3) is 0 Å². The third kappa shape index (κ3) is 1.50. The molecule has 3 heteroatoms. The summed E-state index contributed by atoms with van der Waals surface area (Å²) >= 11 is 0. The minimum absolute atomic E-state index is 0.0840. The molecule has 0 amide bonds. The number of aliphatic hydroxyl groups is 1. The molecule has 3 aliphatic rings. The van der Waals surface area contributed by atoms with E-state index in [1.165, 1.54) is 11.1 Å². The number of ether oxygens (including phenoxy) is 1. The quantitative estimate of drug-likeness (QED) is 0.406. The van der Waals surface area contributed by atoms with E-state index in [1.807, 2.05) is 0 Å². The van der Waals surface area contributed by atoms with Crippen molar-refractivity contribution < 1.29 is 14.6 Å². The first-order chi connectivity index (χ1) is 8.50. The molecule has 98 valence electrons. The molecular formula is C15H20O3. The summed E-state index contributed by atoms with van der Waals surface area (Å²) in [6.07, 6.45) is 2.27. The van der Waals surface area contributed by atoms with E-state index >= 15 is 0 Å². The number of aliphatic hydroxyl groups excluding tert-OH is 1. The first-order valence-electron chi connectivity index (χ1n) is 6.77. The minimum Gasteiger partial charge on any atom is -0.458 e. The van der Waals surface area contributed by atoms with Gasteiger partial charge in [0.25, 0.3) is 0 Å². The maximum Gasteiger partial charge on any atom is 0.334 e. The van der Waals surface area contributed by atoms with Crippen LogP contribution >= 0.6 is 0 Å². The fraction of sp³-hybridized carbons (Fsp3) is 0.667. The third-order valence-corrected chi connectivity index (χ3v) is 5.05. The minimum atomic E-state index is -0.285. The van der Waals surface area contributed by atoms with Gasteiger partial charge in [-0.2, -0.15) is 0 Å². The van der Waals surface area contributed by atoms with Gasteiger partial charge in [-0.15, -0.1) is 0 Å². The van der Waals surface area contributed by atoms with Crippen molar-refractivity contribution in [1.82, 2.24) is 0 Å². The molecule has 1 heterocycles. The normalized spacial score (nSPS) is 43.6. The summed E-state index contributed by atoms with van der Waals surface area (Å²) in [6.45, 7) is 8.12. The lowest BCUT2D eigenvalue weighted by Crippen LogP contribution is -2.44.